The number of nitrogens with zero attached hydrogens (tertiary/aromatic N) is 1. The van der Waals surface area contributed by atoms with Crippen molar-refractivity contribution in [2.45, 2.75) is 46.0 Å². The molecule has 16 heavy (non-hydrogen) atoms. The van der Waals surface area contributed by atoms with E-state index in [1.165, 1.54) is 23.5 Å². The van der Waals surface area contributed by atoms with Gasteiger partial charge in [-0.2, -0.15) is 0 Å². The van der Waals surface area contributed by atoms with Crippen molar-refractivity contribution in [2.24, 2.45) is 5.41 Å². The largest absolute Gasteiger partial charge is 0.316 e. The van der Waals surface area contributed by atoms with E-state index in [1.54, 1.807) is 0 Å². The van der Waals surface area contributed by atoms with Crippen molar-refractivity contribution in [3.05, 3.63) is 16.1 Å². The van der Waals surface area contributed by atoms with Crippen LogP contribution in [0.2, 0.25) is 0 Å². The molecule has 0 aliphatic heterocycles. The van der Waals surface area contributed by atoms with Gasteiger partial charge < -0.3 is 5.32 Å². The Hall–Kier alpha value is -0.410. The zero-order chi connectivity index (χ0) is 11.6. The Morgan fingerprint density at radius 1 is 1.44 bits per heavy atom. The summed E-state index contributed by atoms with van der Waals surface area (Å²) in [5, 5.41) is 7.04. The van der Waals surface area contributed by atoms with E-state index < -0.39 is 0 Å². The Bertz CT molecular complexity index is 334. The maximum absolute atomic E-state index is 4.68. The third-order valence-corrected chi connectivity index (χ3v) is 3.66. The maximum atomic E-state index is 4.68. The Balaban J connectivity index is 1.68. The zero-order valence-electron chi connectivity index (χ0n) is 10.5. The molecule has 0 saturated heterocycles. The van der Waals surface area contributed by atoms with Crippen LogP contribution in [-0.2, 0) is 6.42 Å². The molecule has 0 aromatic carbocycles. The molecule has 1 saturated carbocycles. The molecule has 0 amide bonds. The third kappa shape index (κ3) is 3.87. The average molecular weight is 238 g/mol. The summed E-state index contributed by atoms with van der Waals surface area (Å²) in [6.07, 6.45) is 3.78. The van der Waals surface area contributed by atoms with Crippen LogP contribution in [0.25, 0.3) is 0 Å². The second-order valence-corrected chi connectivity index (χ2v) is 6.87. The van der Waals surface area contributed by atoms with Crippen LogP contribution < -0.4 is 5.32 Å². The van der Waals surface area contributed by atoms with Crippen LogP contribution in [0.1, 0.15) is 50.2 Å². The van der Waals surface area contributed by atoms with Gasteiger partial charge >= 0.3 is 0 Å². The normalized spacial score (nSPS) is 16.7. The van der Waals surface area contributed by atoms with Crippen LogP contribution in [0.5, 0.6) is 0 Å². The molecule has 0 spiro atoms. The summed E-state index contributed by atoms with van der Waals surface area (Å²) in [5.74, 6) is 0.799. The van der Waals surface area contributed by atoms with Crippen molar-refractivity contribution < 1.29 is 0 Å². The molecule has 1 aromatic heterocycles. The second kappa shape index (κ2) is 4.84. The number of aromatic nitrogens is 1. The lowest BCUT2D eigenvalue weighted by Gasteiger charge is -2.18. The van der Waals surface area contributed by atoms with Gasteiger partial charge in [0.15, 0.2) is 0 Å². The second-order valence-electron chi connectivity index (χ2n) is 5.93. The number of thiazole rings is 1. The quantitative estimate of drug-likeness (QED) is 0.797. The molecule has 1 aliphatic carbocycles. The van der Waals surface area contributed by atoms with Crippen molar-refractivity contribution in [1.82, 2.24) is 10.3 Å². The highest BCUT2D eigenvalue weighted by atomic mass is 32.1. The van der Waals surface area contributed by atoms with Crippen molar-refractivity contribution >= 4 is 11.3 Å². The van der Waals surface area contributed by atoms with Gasteiger partial charge in [0.05, 0.1) is 10.7 Å². The fourth-order valence-electron chi connectivity index (χ4n) is 1.67. The smallest absolute Gasteiger partial charge is 0.0941 e. The molecule has 1 aromatic rings. The zero-order valence-corrected chi connectivity index (χ0v) is 11.4. The highest BCUT2D eigenvalue weighted by Gasteiger charge is 2.25. The molecule has 90 valence electrons. The lowest BCUT2D eigenvalue weighted by molar-refractivity contribution is 0.381. The van der Waals surface area contributed by atoms with Gasteiger partial charge in [0, 0.05) is 30.8 Å². The van der Waals surface area contributed by atoms with Crippen molar-refractivity contribution in [2.75, 3.05) is 13.1 Å². The molecule has 0 radical (unpaired) electrons. The van der Waals surface area contributed by atoms with E-state index in [1.807, 2.05) is 11.3 Å². The molecule has 0 unspecified atom stereocenters. The van der Waals surface area contributed by atoms with Crippen molar-refractivity contribution in [3.63, 3.8) is 0 Å². The van der Waals surface area contributed by atoms with Gasteiger partial charge in [0.1, 0.15) is 0 Å². The minimum atomic E-state index is 0.377. The summed E-state index contributed by atoms with van der Waals surface area (Å²) in [4.78, 5) is 4.68. The fraction of sp³-hybridized carbons (Fsp3) is 0.769. The SMILES string of the molecule is CC(C)(C)CNCCc1nc(C2CC2)cs1. The summed E-state index contributed by atoms with van der Waals surface area (Å²) >= 11 is 1.82. The molecule has 2 rings (SSSR count). The molecule has 0 atom stereocenters. The standard InChI is InChI=1S/C13H22N2S/c1-13(2,3)9-14-7-6-12-15-11(8-16-12)10-4-5-10/h8,10,14H,4-7,9H2,1-3H3. The van der Waals surface area contributed by atoms with Crippen LogP contribution in [0.4, 0.5) is 0 Å². The van der Waals surface area contributed by atoms with E-state index in [0.717, 1.165) is 25.4 Å². The van der Waals surface area contributed by atoms with Gasteiger partial charge in [0.2, 0.25) is 0 Å². The summed E-state index contributed by atoms with van der Waals surface area (Å²) in [6, 6.07) is 0. The van der Waals surface area contributed by atoms with Gasteiger partial charge in [-0.15, -0.1) is 11.3 Å². The predicted octanol–water partition coefficient (Wildman–Crippen LogP) is 3.20. The molecule has 3 heteroatoms. The summed E-state index contributed by atoms with van der Waals surface area (Å²) < 4.78 is 0. The van der Waals surface area contributed by atoms with E-state index in [2.05, 4.69) is 36.5 Å². The number of nitrogens with one attached hydrogen (secondary N) is 1. The molecule has 0 bridgehead atoms. The van der Waals surface area contributed by atoms with Crippen LogP contribution >= 0.6 is 11.3 Å². The van der Waals surface area contributed by atoms with Gasteiger partial charge in [-0.05, 0) is 18.3 Å². The highest BCUT2D eigenvalue weighted by Crippen LogP contribution is 2.40. The first-order valence-corrected chi connectivity index (χ1v) is 7.07. The Kier molecular flexibility index (Phi) is 3.65. The molecule has 1 aliphatic rings. The van der Waals surface area contributed by atoms with E-state index in [4.69, 9.17) is 0 Å². The van der Waals surface area contributed by atoms with Crippen LogP contribution in [0.3, 0.4) is 0 Å². The Morgan fingerprint density at radius 3 is 2.81 bits per heavy atom. The maximum Gasteiger partial charge on any atom is 0.0941 e. The fourth-order valence-corrected chi connectivity index (χ4v) is 2.55. The monoisotopic (exact) mass is 238 g/mol. The minimum absolute atomic E-state index is 0.377. The third-order valence-electron chi connectivity index (χ3n) is 2.74. The summed E-state index contributed by atoms with van der Waals surface area (Å²) in [5.41, 5.74) is 1.72. The first kappa shape index (κ1) is 12.1. The first-order chi connectivity index (χ1) is 7.54. The molecule has 1 heterocycles. The molecule has 1 N–H and O–H groups in total. The topological polar surface area (TPSA) is 24.9 Å². The molecule has 1 fully saturated rings. The lowest BCUT2D eigenvalue weighted by atomic mass is 9.97. The van der Waals surface area contributed by atoms with Crippen molar-refractivity contribution in [1.29, 1.82) is 0 Å². The van der Waals surface area contributed by atoms with Crippen LogP contribution in [0, 0.1) is 5.41 Å². The lowest BCUT2D eigenvalue weighted by Crippen LogP contribution is -2.28. The predicted molar refractivity (Wildman–Crippen MR) is 70.1 cm³/mol. The summed E-state index contributed by atoms with van der Waals surface area (Å²) in [7, 11) is 0. The van der Waals surface area contributed by atoms with Crippen LogP contribution in [0.15, 0.2) is 5.38 Å². The van der Waals surface area contributed by atoms with E-state index >= 15 is 0 Å². The number of rotatable bonds is 5. The van der Waals surface area contributed by atoms with Gasteiger partial charge in [-0.3, -0.25) is 0 Å². The van der Waals surface area contributed by atoms with Gasteiger partial charge in [-0.25, -0.2) is 4.98 Å². The first-order valence-electron chi connectivity index (χ1n) is 6.20. The van der Waals surface area contributed by atoms with Gasteiger partial charge in [-0.1, -0.05) is 20.8 Å². The summed E-state index contributed by atoms with van der Waals surface area (Å²) in [6.45, 7) is 8.90. The Labute approximate surface area is 102 Å². The van der Waals surface area contributed by atoms with E-state index in [9.17, 15) is 0 Å². The van der Waals surface area contributed by atoms with Gasteiger partial charge in [0.25, 0.3) is 0 Å². The Morgan fingerprint density at radius 2 is 2.19 bits per heavy atom. The molecule has 2 nitrogen and oxygen atoms in total. The van der Waals surface area contributed by atoms with E-state index in [0.29, 0.717) is 5.41 Å². The minimum Gasteiger partial charge on any atom is -0.316 e. The van der Waals surface area contributed by atoms with E-state index in [-0.39, 0.29) is 0 Å². The van der Waals surface area contributed by atoms with Crippen LogP contribution in [-0.4, -0.2) is 18.1 Å². The average Bonchev–Trinajstić information content (AvgIpc) is 2.93. The molecular weight excluding hydrogens is 216 g/mol. The molecular formula is C13H22N2S. The van der Waals surface area contributed by atoms with Crippen molar-refractivity contribution in [3.8, 4) is 0 Å². The number of hydrogen-bond acceptors (Lipinski definition) is 3. The highest BCUT2D eigenvalue weighted by molar-refractivity contribution is 7.09. The number of hydrogen-bond donors (Lipinski definition) is 1.